The molecule has 1 fully saturated rings. The first-order valence-corrected chi connectivity index (χ1v) is 10.0. The molecule has 2 nitrogen and oxygen atoms in total. The lowest BCUT2D eigenvalue weighted by Crippen LogP contribution is -2.30. The summed E-state index contributed by atoms with van der Waals surface area (Å²) in [6.45, 7) is 0.312. The number of hydrogen-bond acceptors (Lipinski definition) is 2. The van der Waals surface area contributed by atoms with Crippen molar-refractivity contribution < 1.29 is 10.2 Å². The minimum atomic E-state index is -0.203. The van der Waals surface area contributed by atoms with Gasteiger partial charge in [0.1, 0.15) is 0 Å². The molecule has 1 aliphatic rings. The Morgan fingerprint density at radius 3 is 0.864 bits per heavy atom. The maximum atomic E-state index is 9.74. The van der Waals surface area contributed by atoms with Gasteiger partial charge in [-0.15, -0.1) is 0 Å². The zero-order valence-corrected chi connectivity index (χ0v) is 14.8. The van der Waals surface area contributed by atoms with Gasteiger partial charge in [-0.05, 0) is 12.8 Å². The van der Waals surface area contributed by atoms with Gasteiger partial charge in [-0.25, -0.2) is 0 Å². The second kappa shape index (κ2) is 13.4. The second-order valence-electron chi connectivity index (χ2n) is 7.62. The van der Waals surface area contributed by atoms with Gasteiger partial charge in [-0.1, -0.05) is 96.3 Å². The zero-order chi connectivity index (χ0) is 15.9. The molecule has 2 N–H and O–H groups in total. The van der Waals surface area contributed by atoms with E-state index >= 15 is 0 Å². The summed E-state index contributed by atoms with van der Waals surface area (Å²) in [4.78, 5) is 0. The van der Waals surface area contributed by atoms with Crippen LogP contribution >= 0.6 is 0 Å². The van der Waals surface area contributed by atoms with Crippen molar-refractivity contribution in [1.82, 2.24) is 0 Å². The molecule has 0 bridgehead atoms. The molecule has 0 radical (unpaired) electrons. The van der Waals surface area contributed by atoms with Crippen LogP contribution in [0.2, 0.25) is 0 Å². The van der Waals surface area contributed by atoms with Crippen molar-refractivity contribution in [2.75, 3.05) is 13.2 Å². The van der Waals surface area contributed by atoms with Crippen LogP contribution in [-0.2, 0) is 0 Å². The quantitative estimate of drug-likeness (QED) is 0.696. The van der Waals surface area contributed by atoms with E-state index < -0.39 is 0 Å². The monoisotopic (exact) mass is 312 g/mol. The molecule has 0 aliphatic heterocycles. The van der Waals surface area contributed by atoms with E-state index in [9.17, 15) is 10.2 Å². The Morgan fingerprint density at radius 2 is 0.636 bits per heavy atom. The van der Waals surface area contributed by atoms with E-state index in [1.54, 1.807) is 0 Å². The molecule has 0 heterocycles. The smallest absolute Gasteiger partial charge is 0.0509 e. The summed E-state index contributed by atoms with van der Waals surface area (Å²) in [5, 5.41) is 19.5. The van der Waals surface area contributed by atoms with E-state index in [2.05, 4.69) is 0 Å². The Balaban J connectivity index is 2.33. The van der Waals surface area contributed by atoms with Crippen molar-refractivity contribution in [3.05, 3.63) is 0 Å². The van der Waals surface area contributed by atoms with Crippen LogP contribution in [0.5, 0.6) is 0 Å². The topological polar surface area (TPSA) is 40.5 Å². The van der Waals surface area contributed by atoms with Crippen LogP contribution in [0.1, 0.15) is 109 Å². The molecule has 1 saturated carbocycles. The third-order valence-corrected chi connectivity index (χ3v) is 5.59. The molecule has 132 valence electrons. The van der Waals surface area contributed by atoms with Crippen molar-refractivity contribution >= 4 is 0 Å². The lowest BCUT2D eigenvalue weighted by atomic mass is 9.79. The van der Waals surface area contributed by atoms with Gasteiger partial charge in [0.2, 0.25) is 0 Å². The molecular weight excluding hydrogens is 272 g/mol. The fourth-order valence-corrected chi connectivity index (χ4v) is 3.79. The van der Waals surface area contributed by atoms with Gasteiger partial charge in [0.05, 0.1) is 13.2 Å². The molecule has 0 unspecified atom stereocenters. The lowest BCUT2D eigenvalue weighted by Gasteiger charge is -2.30. The molecule has 0 spiro atoms. The molecular formula is C20H40O2. The van der Waals surface area contributed by atoms with Crippen molar-refractivity contribution in [3.8, 4) is 0 Å². The van der Waals surface area contributed by atoms with Crippen LogP contribution in [0.15, 0.2) is 0 Å². The molecule has 1 rings (SSSR count). The van der Waals surface area contributed by atoms with Gasteiger partial charge in [0.15, 0.2) is 0 Å². The average Bonchev–Trinajstić information content (AvgIpc) is 2.55. The largest absolute Gasteiger partial charge is 0.396 e. The van der Waals surface area contributed by atoms with Gasteiger partial charge in [0.25, 0.3) is 0 Å². The first-order chi connectivity index (χ1) is 10.8. The lowest BCUT2D eigenvalue weighted by molar-refractivity contribution is 0.0353. The molecule has 0 aromatic carbocycles. The van der Waals surface area contributed by atoms with Crippen molar-refractivity contribution in [2.24, 2.45) is 5.41 Å². The highest BCUT2D eigenvalue weighted by Crippen LogP contribution is 2.31. The van der Waals surface area contributed by atoms with Crippen molar-refractivity contribution in [3.63, 3.8) is 0 Å². The Labute approximate surface area is 138 Å². The van der Waals surface area contributed by atoms with E-state index in [1.807, 2.05) is 0 Å². The fraction of sp³-hybridized carbons (Fsp3) is 1.00. The van der Waals surface area contributed by atoms with Crippen LogP contribution < -0.4 is 0 Å². The molecule has 22 heavy (non-hydrogen) atoms. The number of hydrogen-bond donors (Lipinski definition) is 2. The zero-order valence-electron chi connectivity index (χ0n) is 14.8. The summed E-state index contributed by atoms with van der Waals surface area (Å²) in [7, 11) is 0. The molecule has 0 aromatic heterocycles. The highest BCUT2D eigenvalue weighted by atomic mass is 16.3. The van der Waals surface area contributed by atoms with E-state index in [0.717, 1.165) is 12.8 Å². The fourth-order valence-electron chi connectivity index (χ4n) is 3.79. The molecule has 0 atom stereocenters. The van der Waals surface area contributed by atoms with Gasteiger partial charge < -0.3 is 10.2 Å². The maximum Gasteiger partial charge on any atom is 0.0509 e. The molecule has 1 aliphatic carbocycles. The Hall–Kier alpha value is -0.0800. The molecule has 0 amide bonds. The minimum absolute atomic E-state index is 0.156. The number of aliphatic hydroxyl groups excluding tert-OH is 2. The van der Waals surface area contributed by atoms with E-state index in [4.69, 9.17) is 0 Å². The predicted molar refractivity (Wildman–Crippen MR) is 95.1 cm³/mol. The van der Waals surface area contributed by atoms with Gasteiger partial charge in [-0.2, -0.15) is 0 Å². The normalized spacial score (nSPS) is 24.3. The predicted octanol–water partition coefficient (Wildman–Crippen LogP) is 5.60. The van der Waals surface area contributed by atoms with E-state index in [0.29, 0.717) is 0 Å². The van der Waals surface area contributed by atoms with E-state index in [-0.39, 0.29) is 18.6 Å². The van der Waals surface area contributed by atoms with Crippen LogP contribution in [0.25, 0.3) is 0 Å². The van der Waals surface area contributed by atoms with Gasteiger partial charge in [0, 0.05) is 5.41 Å². The van der Waals surface area contributed by atoms with Crippen molar-refractivity contribution in [2.45, 2.75) is 109 Å². The van der Waals surface area contributed by atoms with Crippen LogP contribution in [0.4, 0.5) is 0 Å². The van der Waals surface area contributed by atoms with Gasteiger partial charge >= 0.3 is 0 Å². The molecule has 0 aromatic rings. The number of rotatable bonds is 2. The van der Waals surface area contributed by atoms with Crippen LogP contribution in [0.3, 0.4) is 0 Å². The first kappa shape index (κ1) is 20.0. The summed E-state index contributed by atoms with van der Waals surface area (Å²) in [5.41, 5.74) is -0.203. The first-order valence-electron chi connectivity index (χ1n) is 10.0. The second-order valence-corrected chi connectivity index (χ2v) is 7.62. The Kier molecular flexibility index (Phi) is 12.1. The average molecular weight is 313 g/mol. The van der Waals surface area contributed by atoms with Crippen molar-refractivity contribution in [1.29, 1.82) is 0 Å². The van der Waals surface area contributed by atoms with Crippen LogP contribution in [-0.4, -0.2) is 23.4 Å². The standard InChI is InChI=1S/C20H40O2/c21-18-20(19-22)16-14-12-10-8-6-4-2-1-3-5-7-9-11-13-15-17-20/h21-22H,1-19H2. The summed E-state index contributed by atoms with van der Waals surface area (Å²) < 4.78 is 0. The highest BCUT2D eigenvalue weighted by Gasteiger charge is 2.27. The molecule has 2 heteroatoms. The SMILES string of the molecule is OCC1(CO)CCCCCCCCCCCCCCCCC1. The molecule has 0 saturated heterocycles. The van der Waals surface area contributed by atoms with Crippen LogP contribution in [0, 0.1) is 5.41 Å². The summed E-state index contributed by atoms with van der Waals surface area (Å²) in [6.07, 6.45) is 22.2. The van der Waals surface area contributed by atoms with E-state index in [1.165, 1.54) is 96.3 Å². The summed E-state index contributed by atoms with van der Waals surface area (Å²) >= 11 is 0. The minimum Gasteiger partial charge on any atom is -0.396 e. The third-order valence-electron chi connectivity index (χ3n) is 5.59. The Bertz CT molecular complexity index is 216. The number of aliphatic hydroxyl groups is 2. The third kappa shape index (κ3) is 9.15. The van der Waals surface area contributed by atoms with Gasteiger partial charge in [-0.3, -0.25) is 0 Å². The summed E-state index contributed by atoms with van der Waals surface area (Å²) in [5.74, 6) is 0. The highest BCUT2D eigenvalue weighted by molar-refractivity contribution is 4.78. The maximum absolute atomic E-state index is 9.74. The summed E-state index contributed by atoms with van der Waals surface area (Å²) in [6, 6.07) is 0. The Morgan fingerprint density at radius 1 is 0.409 bits per heavy atom.